The Labute approximate surface area is 125 Å². The van der Waals surface area contributed by atoms with Crippen molar-refractivity contribution in [2.24, 2.45) is 0 Å². The van der Waals surface area contributed by atoms with Gasteiger partial charge in [0.2, 0.25) is 0 Å². The Morgan fingerprint density at radius 3 is 2.48 bits per heavy atom. The molecule has 110 valence electrons. The van der Waals surface area contributed by atoms with E-state index in [2.05, 4.69) is 11.0 Å². The quantitative estimate of drug-likeness (QED) is 0.805. The molecule has 2 rings (SSSR count). The minimum atomic E-state index is -0.277. The van der Waals surface area contributed by atoms with Crippen LogP contribution < -0.4 is 4.90 Å². The second kappa shape index (κ2) is 7.02. The molecule has 0 heterocycles. The van der Waals surface area contributed by atoms with Crippen molar-refractivity contribution < 1.29 is 9.18 Å². The van der Waals surface area contributed by atoms with Crippen LogP contribution in [0.4, 0.5) is 10.1 Å². The van der Waals surface area contributed by atoms with E-state index in [9.17, 15) is 9.18 Å². The number of rotatable bonds is 6. The molecule has 0 aliphatic heterocycles. The standard InChI is InChI=1S/C18H20FNO/c1-3-20(17-6-4-5-14(2)11-17)13-18(21)12-15-7-9-16(19)10-8-15/h4-11H,3,12-13H2,1-2H3. The summed E-state index contributed by atoms with van der Waals surface area (Å²) in [6.07, 6.45) is 0.336. The van der Waals surface area contributed by atoms with Crippen molar-refractivity contribution in [3.63, 3.8) is 0 Å². The minimum Gasteiger partial charge on any atom is -0.364 e. The van der Waals surface area contributed by atoms with Gasteiger partial charge in [0.15, 0.2) is 5.78 Å². The topological polar surface area (TPSA) is 20.3 Å². The van der Waals surface area contributed by atoms with Crippen LogP contribution in [0.2, 0.25) is 0 Å². The SMILES string of the molecule is CCN(CC(=O)Cc1ccc(F)cc1)c1cccc(C)c1. The van der Waals surface area contributed by atoms with E-state index in [0.29, 0.717) is 13.0 Å². The van der Waals surface area contributed by atoms with Crippen LogP contribution in [0.1, 0.15) is 18.1 Å². The molecule has 2 nitrogen and oxygen atoms in total. The van der Waals surface area contributed by atoms with E-state index < -0.39 is 0 Å². The van der Waals surface area contributed by atoms with Crippen molar-refractivity contribution in [3.05, 3.63) is 65.5 Å². The summed E-state index contributed by atoms with van der Waals surface area (Å²) < 4.78 is 12.9. The average molecular weight is 285 g/mol. The zero-order valence-electron chi connectivity index (χ0n) is 12.5. The lowest BCUT2D eigenvalue weighted by molar-refractivity contribution is -0.117. The third-order valence-corrected chi connectivity index (χ3v) is 3.43. The number of hydrogen-bond donors (Lipinski definition) is 0. The van der Waals surface area contributed by atoms with Crippen LogP contribution in [0.5, 0.6) is 0 Å². The molecule has 0 N–H and O–H groups in total. The van der Waals surface area contributed by atoms with Gasteiger partial charge >= 0.3 is 0 Å². The smallest absolute Gasteiger partial charge is 0.156 e. The molecule has 0 unspecified atom stereocenters. The van der Waals surface area contributed by atoms with Crippen LogP contribution in [-0.4, -0.2) is 18.9 Å². The lowest BCUT2D eigenvalue weighted by atomic mass is 10.1. The number of aryl methyl sites for hydroxylation is 1. The van der Waals surface area contributed by atoms with Gasteiger partial charge in [-0.1, -0.05) is 24.3 Å². The average Bonchev–Trinajstić information content (AvgIpc) is 2.47. The highest BCUT2D eigenvalue weighted by Crippen LogP contribution is 2.16. The van der Waals surface area contributed by atoms with Gasteiger partial charge in [-0.3, -0.25) is 4.79 Å². The van der Waals surface area contributed by atoms with Crippen molar-refractivity contribution in [2.75, 3.05) is 18.0 Å². The van der Waals surface area contributed by atoms with E-state index in [1.165, 1.54) is 17.7 Å². The predicted molar refractivity (Wildman–Crippen MR) is 84.2 cm³/mol. The maximum absolute atomic E-state index is 12.9. The molecular formula is C18H20FNO. The first-order chi connectivity index (χ1) is 10.1. The molecule has 2 aromatic rings. The molecule has 0 saturated heterocycles. The summed E-state index contributed by atoms with van der Waals surface area (Å²) in [5, 5.41) is 0. The Morgan fingerprint density at radius 1 is 1.14 bits per heavy atom. The highest BCUT2D eigenvalue weighted by molar-refractivity contribution is 5.85. The monoisotopic (exact) mass is 285 g/mol. The van der Waals surface area contributed by atoms with Crippen LogP contribution in [0.3, 0.4) is 0 Å². The van der Waals surface area contributed by atoms with Gasteiger partial charge in [-0.15, -0.1) is 0 Å². The van der Waals surface area contributed by atoms with E-state index in [4.69, 9.17) is 0 Å². The van der Waals surface area contributed by atoms with Gasteiger partial charge in [-0.2, -0.15) is 0 Å². The maximum Gasteiger partial charge on any atom is 0.156 e. The number of Topliss-reactive ketones (excluding diaryl/α,β-unsaturated/α-hetero) is 1. The molecule has 0 atom stereocenters. The summed E-state index contributed by atoms with van der Waals surface area (Å²) in [4.78, 5) is 14.2. The normalized spacial score (nSPS) is 10.4. The van der Waals surface area contributed by atoms with Crippen LogP contribution >= 0.6 is 0 Å². The Balaban J connectivity index is 2.01. The van der Waals surface area contributed by atoms with Gasteiger partial charge in [0.05, 0.1) is 6.54 Å². The lowest BCUT2D eigenvalue weighted by Crippen LogP contribution is -2.30. The molecule has 3 heteroatoms. The second-order valence-electron chi connectivity index (χ2n) is 5.20. The first-order valence-corrected chi connectivity index (χ1v) is 7.16. The number of ketones is 1. The number of carbonyl (C=O) groups excluding carboxylic acids is 1. The summed E-state index contributed by atoms with van der Waals surface area (Å²) in [6, 6.07) is 14.2. The Morgan fingerprint density at radius 2 is 1.86 bits per heavy atom. The highest BCUT2D eigenvalue weighted by atomic mass is 19.1. The van der Waals surface area contributed by atoms with Crippen molar-refractivity contribution in [2.45, 2.75) is 20.3 Å². The fraction of sp³-hybridized carbons (Fsp3) is 0.278. The largest absolute Gasteiger partial charge is 0.364 e. The molecule has 0 radical (unpaired) electrons. The molecule has 0 amide bonds. The number of benzene rings is 2. The molecule has 0 spiro atoms. The van der Waals surface area contributed by atoms with Gasteiger partial charge in [0.25, 0.3) is 0 Å². The predicted octanol–water partition coefficient (Wildman–Crippen LogP) is 3.77. The molecule has 0 saturated carbocycles. The highest BCUT2D eigenvalue weighted by Gasteiger charge is 2.11. The molecule has 21 heavy (non-hydrogen) atoms. The van der Waals surface area contributed by atoms with Crippen molar-refractivity contribution in [1.29, 1.82) is 0 Å². The number of likely N-dealkylation sites (N-methyl/N-ethyl adjacent to an activating group) is 1. The van der Waals surface area contributed by atoms with Gasteiger partial charge in [-0.25, -0.2) is 4.39 Å². The molecule has 0 aliphatic rings. The van der Waals surface area contributed by atoms with Gasteiger partial charge in [0, 0.05) is 18.7 Å². The van der Waals surface area contributed by atoms with Gasteiger partial charge in [-0.05, 0) is 49.2 Å². The summed E-state index contributed by atoms with van der Waals surface area (Å²) >= 11 is 0. The molecule has 0 fully saturated rings. The first kappa shape index (κ1) is 15.2. The van der Waals surface area contributed by atoms with Crippen LogP contribution in [0.25, 0.3) is 0 Å². The Bertz CT molecular complexity index is 607. The van der Waals surface area contributed by atoms with E-state index in [1.54, 1.807) is 12.1 Å². The van der Waals surface area contributed by atoms with E-state index in [-0.39, 0.29) is 11.6 Å². The lowest BCUT2D eigenvalue weighted by Gasteiger charge is -2.22. The number of carbonyl (C=O) groups is 1. The number of nitrogens with zero attached hydrogens (tertiary/aromatic N) is 1. The van der Waals surface area contributed by atoms with Gasteiger partial charge < -0.3 is 4.90 Å². The first-order valence-electron chi connectivity index (χ1n) is 7.16. The van der Waals surface area contributed by atoms with Crippen molar-refractivity contribution in [1.82, 2.24) is 0 Å². The molecule has 0 aliphatic carbocycles. The molecule has 0 aromatic heterocycles. The van der Waals surface area contributed by atoms with Gasteiger partial charge in [0.1, 0.15) is 5.82 Å². The molecule has 2 aromatic carbocycles. The van der Waals surface area contributed by atoms with Crippen LogP contribution in [0, 0.1) is 12.7 Å². The second-order valence-corrected chi connectivity index (χ2v) is 5.20. The molecular weight excluding hydrogens is 265 g/mol. The summed E-state index contributed by atoms with van der Waals surface area (Å²) in [7, 11) is 0. The fourth-order valence-corrected chi connectivity index (χ4v) is 2.31. The van der Waals surface area contributed by atoms with Crippen molar-refractivity contribution >= 4 is 11.5 Å². The summed E-state index contributed by atoms with van der Waals surface area (Å²) in [5.74, 6) is -0.147. The van der Waals surface area contributed by atoms with E-state index >= 15 is 0 Å². The van der Waals surface area contributed by atoms with E-state index in [1.807, 2.05) is 32.0 Å². The number of anilines is 1. The fourth-order valence-electron chi connectivity index (χ4n) is 2.31. The van der Waals surface area contributed by atoms with Crippen LogP contribution in [-0.2, 0) is 11.2 Å². The zero-order valence-corrected chi connectivity index (χ0v) is 12.5. The number of hydrogen-bond acceptors (Lipinski definition) is 2. The zero-order chi connectivity index (χ0) is 15.2. The Hall–Kier alpha value is -2.16. The minimum absolute atomic E-state index is 0.130. The third kappa shape index (κ3) is 4.42. The molecule has 0 bridgehead atoms. The van der Waals surface area contributed by atoms with Crippen LogP contribution in [0.15, 0.2) is 48.5 Å². The third-order valence-electron chi connectivity index (χ3n) is 3.43. The summed E-state index contributed by atoms with van der Waals surface area (Å²) in [6.45, 7) is 5.22. The van der Waals surface area contributed by atoms with Crippen molar-refractivity contribution in [3.8, 4) is 0 Å². The number of halogens is 1. The summed E-state index contributed by atoms with van der Waals surface area (Å²) in [5.41, 5.74) is 3.09. The van der Waals surface area contributed by atoms with E-state index in [0.717, 1.165) is 17.8 Å². The Kier molecular flexibility index (Phi) is 5.09. The maximum atomic E-state index is 12.9.